The van der Waals surface area contributed by atoms with Gasteiger partial charge >= 0.3 is 0 Å². The molecule has 0 aromatic heterocycles. The fourth-order valence-electron chi connectivity index (χ4n) is 4.51. The van der Waals surface area contributed by atoms with Crippen LogP contribution < -0.4 is 10.2 Å². The molecule has 8 nitrogen and oxygen atoms in total. The van der Waals surface area contributed by atoms with Crippen molar-refractivity contribution in [1.29, 1.82) is 0 Å². The maximum absolute atomic E-state index is 12.6. The third kappa shape index (κ3) is 5.00. The molecule has 0 spiro atoms. The van der Waals surface area contributed by atoms with E-state index in [1.54, 1.807) is 0 Å². The summed E-state index contributed by atoms with van der Waals surface area (Å²) in [4.78, 5) is 32.2. The molecule has 4 rings (SSSR count). The van der Waals surface area contributed by atoms with E-state index in [-0.39, 0.29) is 5.92 Å². The first kappa shape index (κ1) is 22.8. The highest BCUT2D eigenvalue weighted by Gasteiger charge is 2.35. The molecule has 0 radical (unpaired) electrons. The van der Waals surface area contributed by atoms with Crippen LogP contribution >= 0.6 is 0 Å². The molecule has 2 aliphatic rings. The van der Waals surface area contributed by atoms with Crippen LogP contribution in [-0.4, -0.2) is 58.8 Å². The van der Waals surface area contributed by atoms with E-state index in [0.29, 0.717) is 25.3 Å². The van der Waals surface area contributed by atoms with Gasteiger partial charge in [0.25, 0.3) is 11.8 Å². The van der Waals surface area contributed by atoms with Gasteiger partial charge in [-0.3, -0.25) is 9.59 Å². The second-order valence-corrected chi connectivity index (χ2v) is 8.63. The van der Waals surface area contributed by atoms with E-state index in [1.807, 2.05) is 48.5 Å². The minimum atomic E-state index is -1.81. The van der Waals surface area contributed by atoms with Crippen LogP contribution in [0.15, 0.2) is 48.5 Å². The fraction of sp³-hybridized carbons (Fsp3) is 0.400. The van der Waals surface area contributed by atoms with E-state index in [9.17, 15) is 19.8 Å². The Morgan fingerprint density at radius 3 is 2.24 bits per heavy atom. The average Bonchev–Trinajstić information content (AvgIpc) is 3.30. The Bertz CT molecular complexity index is 1030. The average molecular weight is 449 g/mol. The summed E-state index contributed by atoms with van der Waals surface area (Å²) >= 11 is 0. The number of benzene rings is 2. The largest absolute Gasteiger partial charge is 0.380 e. The standard InChI is InChI=1S/C25H28N4O4/c1-26-20-8-4-5-9-21(20)28-12-10-17(11-13-28)14-27-24(32)22(30)23(31)25(33)29-15-18-6-2-3-7-19(18)16-29/h2-9,17,22-23,30-31H,10-16H2,(H,27,32)/t22-,23-/m1/s1. The van der Waals surface area contributed by atoms with Gasteiger partial charge in [-0.05, 0) is 36.0 Å². The number of fused-ring (bicyclic) bond motifs is 1. The molecule has 0 aliphatic carbocycles. The normalized spacial score (nSPS) is 17.7. The summed E-state index contributed by atoms with van der Waals surface area (Å²) in [5.74, 6) is -1.17. The molecular formula is C25H28N4O4. The second-order valence-electron chi connectivity index (χ2n) is 8.63. The molecule has 1 saturated heterocycles. The summed E-state index contributed by atoms with van der Waals surface area (Å²) < 4.78 is 0. The van der Waals surface area contributed by atoms with Crippen molar-refractivity contribution in [3.63, 3.8) is 0 Å². The molecule has 3 N–H and O–H groups in total. The second kappa shape index (κ2) is 10.0. The van der Waals surface area contributed by atoms with Crippen molar-refractivity contribution in [2.75, 3.05) is 24.5 Å². The molecule has 0 saturated carbocycles. The first-order valence-electron chi connectivity index (χ1n) is 11.2. The monoisotopic (exact) mass is 448 g/mol. The number of rotatable bonds is 6. The number of aliphatic hydroxyl groups excluding tert-OH is 2. The fourth-order valence-corrected chi connectivity index (χ4v) is 4.51. The molecule has 2 amide bonds. The van der Waals surface area contributed by atoms with E-state index in [1.165, 1.54) is 4.90 Å². The lowest BCUT2D eigenvalue weighted by Gasteiger charge is -2.34. The quantitative estimate of drug-likeness (QED) is 0.586. The van der Waals surface area contributed by atoms with Crippen LogP contribution in [0.4, 0.5) is 11.4 Å². The van der Waals surface area contributed by atoms with Gasteiger partial charge in [0.15, 0.2) is 12.2 Å². The van der Waals surface area contributed by atoms with Gasteiger partial charge in [0, 0.05) is 38.4 Å². The lowest BCUT2D eigenvalue weighted by atomic mass is 9.96. The molecule has 0 unspecified atom stereocenters. The van der Waals surface area contributed by atoms with Gasteiger partial charge < -0.3 is 25.3 Å². The maximum atomic E-state index is 12.6. The summed E-state index contributed by atoms with van der Waals surface area (Å²) in [6, 6.07) is 15.1. The molecule has 0 bridgehead atoms. The summed E-state index contributed by atoms with van der Waals surface area (Å²) in [5.41, 5.74) is 3.56. The van der Waals surface area contributed by atoms with Crippen LogP contribution in [0.5, 0.6) is 0 Å². The molecule has 172 valence electrons. The summed E-state index contributed by atoms with van der Waals surface area (Å²) in [6.07, 6.45) is -1.95. The highest BCUT2D eigenvalue weighted by Crippen LogP contribution is 2.31. The van der Waals surface area contributed by atoms with Crippen LogP contribution in [0, 0.1) is 12.5 Å². The Morgan fingerprint density at radius 1 is 1.00 bits per heavy atom. The minimum Gasteiger partial charge on any atom is -0.380 e. The molecular weight excluding hydrogens is 420 g/mol. The molecule has 1 fully saturated rings. The number of carbonyl (C=O) groups is 2. The first-order chi connectivity index (χ1) is 16.0. The van der Waals surface area contributed by atoms with Gasteiger partial charge in [0.2, 0.25) is 5.69 Å². The van der Waals surface area contributed by atoms with E-state index in [2.05, 4.69) is 15.1 Å². The highest BCUT2D eigenvalue weighted by molar-refractivity contribution is 5.91. The Labute approximate surface area is 193 Å². The molecule has 2 aromatic rings. The molecule has 2 aromatic carbocycles. The van der Waals surface area contributed by atoms with Crippen molar-refractivity contribution in [2.45, 2.75) is 38.1 Å². The van der Waals surface area contributed by atoms with Gasteiger partial charge in [-0.15, -0.1) is 0 Å². The molecule has 2 atom stereocenters. The van der Waals surface area contributed by atoms with Gasteiger partial charge in [-0.2, -0.15) is 0 Å². The number of carbonyl (C=O) groups excluding carboxylic acids is 2. The zero-order chi connectivity index (χ0) is 23.4. The topological polar surface area (TPSA) is 97.5 Å². The van der Waals surface area contributed by atoms with Gasteiger partial charge in [0.05, 0.1) is 6.57 Å². The van der Waals surface area contributed by atoms with Crippen LogP contribution in [0.2, 0.25) is 0 Å². The molecule has 2 heterocycles. The van der Waals surface area contributed by atoms with Crippen molar-refractivity contribution in [1.82, 2.24) is 10.2 Å². The molecule has 8 heteroatoms. The number of anilines is 1. The van der Waals surface area contributed by atoms with Crippen molar-refractivity contribution < 1.29 is 19.8 Å². The Hall–Kier alpha value is -3.41. The summed E-state index contributed by atoms with van der Waals surface area (Å²) in [7, 11) is 0. The Kier molecular flexibility index (Phi) is 6.92. The van der Waals surface area contributed by atoms with Crippen molar-refractivity contribution in [3.05, 3.63) is 71.1 Å². The maximum Gasteiger partial charge on any atom is 0.255 e. The zero-order valence-electron chi connectivity index (χ0n) is 18.4. The number of amides is 2. The molecule has 33 heavy (non-hydrogen) atoms. The van der Waals surface area contributed by atoms with Crippen molar-refractivity contribution in [2.24, 2.45) is 5.92 Å². The van der Waals surface area contributed by atoms with Gasteiger partial charge in [0.1, 0.15) is 0 Å². The van der Waals surface area contributed by atoms with E-state index >= 15 is 0 Å². The third-order valence-corrected chi connectivity index (χ3v) is 6.50. The number of hydrogen-bond donors (Lipinski definition) is 3. The van der Waals surface area contributed by atoms with Crippen LogP contribution in [0.25, 0.3) is 4.85 Å². The van der Waals surface area contributed by atoms with Gasteiger partial charge in [-0.1, -0.05) is 42.5 Å². The number of para-hydroxylation sites is 2. The first-order valence-corrected chi connectivity index (χ1v) is 11.2. The SMILES string of the molecule is [C-]#[N+]c1ccccc1N1CCC(CNC(=O)[C@H](O)[C@@H](O)C(=O)N2Cc3ccccc3C2)CC1. The number of nitrogens with zero attached hydrogens (tertiary/aromatic N) is 3. The number of piperidine rings is 1. The third-order valence-electron chi connectivity index (χ3n) is 6.50. The minimum absolute atomic E-state index is 0.221. The number of aliphatic hydroxyl groups is 2. The van der Waals surface area contributed by atoms with Crippen molar-refractivity contribution in [3.8, 4) is 0 Å². The highest BCUT2D eigenvalue weighted by atomic mass is 16.3. The smallest absolute Gasteiger partial charge is 0.255 e. The summed E-state index contributed by atoms with van der Waals surface area (Å²) in [6.45, 7) is 9.95. The van der Waals surface area contributed by atoms with Crippen LogP contribution in [0.1, 0.15) is 24.0 Å². The lowest BCUT2D eigenvalue weighted by molar-refractivity contribution is -0.153. The van der Waals surface area contributed by atoms with Crippen molar-refractivity contribution >= 4 is 23.2 Å². The Balaban J connectivity index is 1.24. The number of hydrogen-bond acceptors (Lipinski definition) is 5. The number of nitrogens with one attached hydrogen (secondary N) is 1. The van der Waals surface area contributed by atoms with E-state index < -0.39 is 24.0 Å². The van der Waals surface area contributed by atoms with Crippen LogP contribution in [-0.2, 0) is 22.7 Å². The molecule has 2 aliphatic heterocycles. The van der Waals surface area contributed by atoms with Crippen LogP contribution in [0.3, 0.4) is 0 Å². The summed E-state index contributed by atoms with van der Waals surface area (Å²) in [5, 5.41) is 23.3. The lowest BCUT2D eigenvalue weighted by Crippen LogP contribution is -2.50. The van der Waals surface area contributed by atoms with E-state index in [4.69, 9.17) is 6.57 Å². The zero-order valence-corrected chi connectivity index (χ0v) is 18.4. The van der Waals surface area contributed by atoms with Gasteiger partial charge in [-0.25, -0.2) is 4.85 Å². The van der Waals surface area contributed by atoms with E-state index in [0.717, 1.165) is 42.7 Å². The predicted octanol–water partition coefficient (Wildman–Crippen LogP) is 1.83. The Morgan fingerprint density at radius 2 is 1.61 bits per heavy atom. The predicted molar refractivity (Wildman–Crippen MR) is 123 cm³/mol.